The second-order valence-corrected chi connectivity index (χ2v) is 4.57. The van der Waals surface area contributed by atoms with Gasteiger partial charge in [0.15, 0.2) is 0 Å². The average Bonchev–Trinajstić information content (AvgIpc) is 2.21. The Bertz CT molecular complexity index is 454. The standard InChI is InChI=1S/C10H10F2N2O2S/c1-5(9(15)14-10(13)16)17-8-3-2-6(11)4-7(8)12/h2-5H,1H3,(H3,13,14,15,16). The normalized spacial score (nSPS) is 11.9. The zero-order chi connectivity index (χ0) is 13.0. The number of rotatable bonds is 3. The molecule has 0 bridgehead atoms. The van der Waals surface area contributed by atoms with Crippen molar-refractivity contribution in [2.75, 3.05) is 0 Å². The molecule has 1 atom stereocenters. The highest BCUT2D eigenvalue weighted by atomic mass is 32.2. The van der Waals surface area contributed by atoms with Gasteiger partial charge < -0.3 is 5.73 Å². The molecule has 0 heterocycles. The van der Waals surface area contributed by atoms with E-state index in [2.05, 4.69) is 0 Å². The van der Waals surface area contributed by atoms with Crippen molar-refractivity contribution in [1.29, 1.82) is 0 Å². The fraction of sp³-hybridized carbons (Fsp3) is 0.200. The van der Waals surface area contributed by atoms with Crippen molar-refractivity contribution < 1.29 is 18.4 Å². The van der Waals surface area contributed by atoms with E-state index in [0.717, 1.165) is 23.9 Å². The summed E-state index contributed by atoms with van der Waals surface area (Å²) in [5.41, 5.74) is 4.77. The van der Waals surface area contributed by atoms with Crippen LogP contribution in [0.3, 0.4) is 0 Å². The summed E-state index contributed by atoms with van der Waals surface area (Å²) in [5.74, 6) is -2.08. The van der Waals surface area contributed by atoms with Crippen LogP contribution in [0.15, 0.2) is 23.1 Å². The first kappa shape index (κ1) is 13.4. The lowest BCUT2D eigenvalue weighted by Crippen LogP contribution is -2.39. The first-order chi connectivity index (χ1) is 7.90. The van der Waals surface area contributed by atoms with Gasteiger partial charge in [-0.1, -0.05) is 0 Å². The highest BCUT2D eigenvalue weighted by Gasteiger charge is 2.17. The molecule has 0 fully saturated rings. The van der Waals surface area contributed by atoms with Crippen molar-refractivity contribution in [3.05, 3.63) is 29.8 Å². The summed E-state index contributed by atoms with van der Waals surface area (Å²) in [6.07, 6.45) is 0. The molecule has 3 N–H and O–H groups in total. The molecule has 4 nitrogen and oxygen atoms in total. The van der Waals surface area contributed by atoms with Crippen molar-refractivity contribution in [3.63, 3.8) is 0 Å². The van der Waals surface area contributed by atoms with Crippen LogP contribution >= 0.6 is 11.8 Å². The molecule has 0 saturated carbocycles. The van der Waals surface area contributed by atoms with Crippen LogP contribution in [0, 0.1) is 11.6 Å². The molecular weight excluding hydrogens is 250 g/mol. The number of halogens is 2. The number of urea groups is 1. The summed E-state index contributed by atoms with van der Waals surface area (Å²) in [4.78, 5) is 21.9. The first-order valence-corrected chi connectivity index (χ1v) is 5.50. The maximum absolute atomic E-state index is 13.3. The van der Waals surface area contributed by atoms with Crippen molar-refractivity contribution in [2.24, 2.45) is 5.73 Å². The van der Waals surface area contributed by atoms with E-state index in [1.165, 1.54) is 13.0 Å². The Balaban J connectivity index is 2.70. The molecule has 1 unspecified atom stereocenters. The van der Waals surface area contributed by atoms with Crippen LogP contribution in [0.1, 0.15) is 6.92 Å². The third kappa shape index (κ3) is 4.03. The Labute approximate surface area is 101 Å². The van der Waals surface area contributed by atoms with E-state index in [-0.39, 0.29) is 4.90 Å². The predicted octanol–water partition coefficient (Wildman–Crippen LogP) is 1.64. The SMILES string of the molecule is CC(Sc1ccc(F)cc1F)C(=O)NC(N)=O. The Morgan fingerprint density at radius 2 is 2.06 bits per heavy atom. The Morgan fingerprint density at radius 3 is 2.59 bits per heavy atom. The molecule has 0 aliphatic rings. The molecule has 92 valence electrons. The van der Waals surface area contributed by atoms with E-state index in [1.807, 2.05) is 5.32 Å². The molecule has 0 spiro atoms. The van der Waals surface area contributed by atoms with Gasteiger partial charge in [0, 0.05) is 11.0 Å². The third-order valence-corrected chi connectivity index (χ3v) is 2.97. The minimum atomic E-state index is -0.970. The molecule has 0 aliphatic heterocycles. The number of hydrogen-bond acceptors (Lipinski definition) is 3. The monoisotopic (exact) mass is 260 g/mol. The molecule has 17 heavy (non-hydrogen) atoms. The summed E-state index contributed by atoms with van der Waals surface area (Å²) in [6.45, 7) is 1.48. The van der Waals surface area contributed by atoms with Crippen LogP contribution in [-0.2, 0) is 4.79 Å². The average molecular weight is 260 g/mol. The number of carbonyl (C=O) groups is 2. The van der Waals surface area contributed by atoms with E-state index in [9.17, 15) is 18.4 Å². The minimum absolute atomic E-state index is 0.124. The maximum atomic E-state index is 13.3. The van der Waals surface area contributed by atoms with Gasteiger partial charge in [0.1, 0.15) is 11.6 Å². The van der Waals surface area contributed by atoms with Crippen LogP contribution in [0.25, 0.3) is 0 Å². The number of primary amides is 1. The van der Waals surface area contributed by atoms with Crippen LogP contribution in [0.5, 0.6) is 0 Å². The molecule has 7 heteroatoms. The summed E-state index contributed by atoms with van der Waals surface area (Å²) in [6, 6.07) is 2.07. The second-order valence-electron chi connectivity index (χ2n) is 3.19. The zero-order valence-electron chi connectivity index (χ0n) is 8.87. The number of benzene rings is 1. The first-order valence-electron chi connectivity index (χ1n) is 4.62. The minimum Gasteiger partial charge on any atom is -0.351 e. The summed E-state index contributed by atoms with van der Waals surface area (Å²) >= 11 is 0.867. The van der Waals surface area contributed by atoms with Gasteiger partial charge in [-0.15, -0.1) is 11.8 Å². The molecule has 3 amide bonds. The van der Waals surface area contributed by atoms with Crippen molar-refractivity contribution in [2.45, 2.75) is 17.1 Å². The van der Waals surface area contributed by atoms with Gasteiger partial charge >= 0.3 is 6.03 Å². The molecular formula is C10H10F2N2O2S. The lowest BCUT2D eigenvalue weighted by molar-refractivity contribution is -0.119. The molecule has 0 aliphatic carbocycles. The van der Waals surface area contributed by atoms with Gasteiger partial charge in [-0.3, -0.25) is 10.1 Å². The largest absolute Gasteiger partial charge is 0.351 e. The number of thioether (sulfide) groups is 1. The Morgan fingerprint density at radius 1 is 1.41 bits per heavy atom. The summed E-state index contributed by atoms with van der Waals surface area (Å²) < 4.78 is 25.9. The van der Waals surface area contributed by atoms with Crippen molar-refractivity contribution in [3.8, 4) is 0 Å². The molecule has 1 rings (SSSR count). The summed E-state index contributed by atoms with van der Waals surface area (Å²) in [5, 5.41) is 1.16. The number of nitrogens with two attached hydrogens (primary N) is 1. The van der Waals surface area contributed by atoms with Crippen LogP contribution < -0.4 is 11.1 Å². The molecule has 0 aromatic heterocycles. The van der Waals surface area contributed by atoms with Gasteiger partial charge in [0.05, 0.1) is 5.25 Å². The molecule has 0 radical (unpaired) electrons. The van der Waals surface area contributed by atoms with E-state index in [4.69, 9.17) is 5.73 Å². The summed E-state index contributed by atoms with van der Waals surface area (Å²) in [7, 11) is 0. The maximum Gasteiger partial charge on any atom is 0.318 e. The number of imide groups is 1. The Kier molecular flexibility index (Phi) is 4.45. The lowest BCUT2D eigenvalue weighted by atomic mass is 10.3. The fourth-order valence-corrected chi connectivity index (χ4v) is 1.90. The van der Waals surface area contributed by atoms with Crippen LogP contribution in [0.2, 0.25) is 0 Å². The fourth-order valence-electron chi connectivity index (χ4n) is 1.04. The van der Waals surface area contributed by atoms with Gasteiger partial charge in [0.2, 0.25) is 5.91 Å². The van der Waals surface area contributed by atoms with Gasteiger partial charge in [-0.25, -0.2) is 13.6 Å². The van der Waals surface area contributed by atoms with E-state index < -0.39 is 28.8 Å². The van der Waals surface area contributed by atoms with E-state index in [1.54, 1.807) is 0 Å². The molecule has 1 aromatic carbocycles. The Hall–Kier alpha value is -1.63. The van der Waals surface area contributed by atoms with Crippen LogP contribution in [-0.4, -0.2) is 17.2 Å². The molecule has 0 saturated heterocycles. The van der Waals surface area contributed by atoms with E-state index in [0.29, 0.717) is 0 Å². The van der Waals surface area contributed by atoms with Crippen molar-refractivity contribution in [1.82, 2.24) is 5.32 Å². The van der Waals surface area contributed by atoms with E-state index >= 15 is 0 Å². The third-order valence-electron chi connectivity index (χ3n) is 1.81. The van der Waals surface area contributed by atoms with Gasteiger partial charge in [-0.2, -0.15) is 0 Å². The lowest BCUT2D eigenvalue weighted by Gasteiger charge is -2.10. The number of hydrogen-bond donors (Lipinski definition) is 2. The quantitative estimate of drug-likeness (QED) is 0.811. The smallest absolute Gasteiger partial charge is 0.318 e. The van der Waals surface area contributed by atoms with Crippen LogP contribution in [0.4, 0.5) is 13.6 Å². The van der Waals surface area contributed by atoms with Crippen molar-refractivity contribution >= 4 is 23.7 Å². The number of nitrogens with one attached hydrogen (secondary N) is 1. The predicted molar refractivity (Wildman–Crippen MR) is 59.4 cm³/mol. The van der Waals surface area contributed by atoms with Gasteiger partial charge in [-0.05, 0) is 19.1 Å². The number of carbonyl (C=O) groups excluding carboxylic acids is 2. The zero-order valence-corrected chi connectivity index (χ0v) is 9.68. The topological polar surface area (TPSA) is 72.2 Å². The second kappa shape index (κ2) is 5.62. The van der Waals surface area contributed by atoms with Gasteiger partial charge in [0.25, 0.3) is 0 Å². The highest BCUT2D eigenvalue weighted by Crippen LogP contribution is 2.26. The molecule has 1 aromatic rings. The number of amides is 3. The highest BCUT2D eigenvalue weighted by molar-refractivity contribution is 8.00.